The number of carboxylic acids is 2. The number of aliphatic carboxylic acids is 2. The Morgan fingerprint density at radius 2 is 0.895 bits per heavy atom. The monoisotopic (exact) mass is 1050 g/mol. The molecule has 76 heavy (non-hydrogen) atoms. The van der Waals surface area contributed by atoms with Gasteiger partial charge in [-0.2, -0.15) is 0 Å². The van der Waals surface area contributed by atoms with Crippen molar-refractivity contribution >= 4 is 23.8 Å². The van der Waals surface area contributed by atoms with Gasteiger partial charge in [0.25, 0.3) is 11.8 Å². The first-order chi connectivity index (χ1) is 36.4. The molecule has 0 aliphatic carbocycles. The Balaban J connectivity index is 0.000000216. The molecule has 2 aliphatic rings. The minimum absolute atomic E-state index is 0.00808. The number of aromatic nitrogens is 2. The molecule has 2 aromatic heterocycles. The van der Waals surface area contributed by atoms with Crippen LogP contribution in [0.2, 0.25) is 0 Å². The number of nitrogens with one attached hydrogen (secondary N) is 2. The van der Waals surface area contributed by atoms with Gasteiger partial charge in [0.1, 0.15) is 23.0 Å². The average molecular weight is 1050 g/mol. The van der Waals surface area contributed by atoms with Gasteiger partial charge in [0.05, 0.1) is 48.7 Å². The third kappa shape index (κ3) is 14.8. The van der Waals surface area contributed by atoms with Crippen molar-refractivity contribution in [2.75, 3.05) is 65.7 Å². The number of phenolic OH excluding ortho intramolecular Hbond substituents is 4. The molecule has 20 nitrogen and oxygen atoms in total. The van der Waals surface area contributed by atoms with Gasteiger partial charge in [0.15, 0.2) is 22.9 Å². The molecule has 0 spiro atoms. The second kappa shape index (κ2) is 27.0. The molecule has 404 valence electrons. The highest BCUT2D eigenvalue weighted by Gasteiger charge is 2.29. The SMILES string of the molecule is CCNC(=O)c1noc(-c2cc(C(C)C)c(O)cc2O)c1-c1ccc(CN2CCOCC2)cc1.CCNC(=O)c1noc(-c2cc(C(C)C)c(O)cc2O)c1-c1ccc(CN2CCOCC2)cc1.O=C(O)/C=C/C(=O)O. The van der Waals surface area contributed by atoms with Crippen molar-refractivity contribution in [2.45, 2.75) is 66.5 Å². The molecule has 0 bridgehead atoms. The Hall–Kier alpha value is -8.04. The standard InChI is InChI=1S/2C26H31N3O5.C4H4O4/c2*1-4-27-26(32)24-23(18-7-5-17(6-8-18)15-29-9-11-33-12-10-29)25(34-28-24)20-13-19(16(2)3)21(30)14-22(20)31;5-3(6)1-2-4(7)8/h2*5-8,13-14,16,30-31H,4,9-12,15H2,1-3H3,(H,27,32);1-2H,(H,5,6)(H,7,8)/b;;2-1+. The maximum absolute atomic E-state index is 12.8. The van der Waals surface area contributed by atoms with Crippen LogP contribution in [-0.4, -0.2) is 140 Å². The number of morpholine rings is 2. The van der Waals surface area contributed by atoms with E-state index in [0.29, 0.717) is 58.6 Å². The first-order valence-electron chi connectivity index (χ1n) is 25.0. The molecule has 0 atom stereocenters. The third-order valence-corrected chi connectivity index (χ3v) is 12.4. The molecule has 4 heterocycles. The number of carbonyl (C=O) groups excluding carboxylic acids is 2. The van der Waals surface area contributed by atoms with E-state index in [-0.39, 0.29) is 69.6 Å². The van der Waals surface area contributed by atoms with Gasteiger partial charge in [-0.05, 0) is 71.2 Å². The third-order valence-electron chi connectivity index (χ3n) is 12.4. The maximum atomic E-state index is 12.8. The van der Waals surface area contributed by atoms with Gasteiger partial charge < -0.3 is 59.8 Å². The lowest BCUT2D eigenvalue weighted by atomic mass is 9.94. The molecule has 2 saturated heterocycles. The van der Waals surface area contributed by atoms with Gasteiger partial charge in [0, 0.05) is 76.6 Å². The second-order valence-corrected chi connectivity index (χ2v) is 18.5. The highest BCUT2D eigenvalue weighted by atomic mass is 16.5. The molecule has 2 fully saturated rings. The van der Waals surface area contributed by atoms with E-state index in [4.69, 9.17) is 28.7 Å². The predicted octanol–water partition coefficient (Wildman–Crippen LogP) is 7.96. The first-order valence-corrected chi connectivity index (χ1v) is 25.0. The van der Waals surface area contributed by atoms with Gasteiger partial charge in [-0.15, -0.1) is 0 Å². The minimum atomic E-state index is -1.26. The Kier molecular flexibility index (Phi) is 20.3. The summed E-state index contributed by atoms with van der Waals surface area (Å²) in [6, 6.07) is 21.8. The van der Waals surface area contributed by atoms with Crippen molar-refractivity contribution < 1.29 is 68.3 Å². The van der Waals surface area contributed by atoms with Gasteiger partial charge in [-0.3, -0.25) is 19.4 Å². The van der Waals surface area contributed by atoms with Crippen LogP contribution in [0.15, 0.2) is 94.0 Å². The number of amides is 2. The maximum Gasteiger partial charge on any atom is 0.328 e. The molecule has 0 unspecified atom stereocenters. The Labute approximate surface area is 440 Å². The van der Waals surface area contributed by atoms with Crippen LogP contribution < -0.4 is 10.6 Å². The fourth-order valence-corrected chi connectivity index (χ4v) is 8.49. The summed E-state index contributed by atoms with van der Waals surface area (Å²) in [5, 5.41) is 71.1. The summed E-state index contributed by atoms with van der Waals surface area (Å²) in [7, 11) is 0. The molecule has 8 rings (SSSR count). The van der Waals surface area contributed by atoms with E-state index in [0.717, 1.165) is 87.9 Å². The molecular weight excluding hydrogens is 981 g/mol. The van der Waals surface area contributed by atoms with Crippen LogP contribution in [0.1, 0.15) is 96.6 Å². The molecule has 0 saturated carbocycles. The molecular formula is C56H66N6O14. The number of hydrogen-bond acceptors (Lipinski definition) is 16. The zero-order valence-corrected chi connectivity index (χ0v) is 43.5. The number of benzene rings is 4. The van der Waals surface area contributed by atoms with E-state index in [2.05, 4.69) is 30.7 Å². The van der Waals surface area contributed by atoms with Crippen LogP contribution in [0.4, 0.5) is 0 Å². The summed E-state index contributed by atoms with van der Waals surface area (Å²) in [6.07, 6.45) is 1.12. The number of phenols is 4. The summed E-state index contributed by atoms with van der Waals surface area (Å²) in [4.78, 5) is 49.3. The fourth-order valence-electron chi connectivity index (χ4n) is 8.49. The number of carbonyl (C=O) groups is 4. The Bertz CT molecular complexity index is 2770. The lowest BCUT2D eigenvalue weighted by Gasteiger charge is -2.26. The Morgan fingerprint density at radius 1 is 0.553 bits per heavy atom. The van der Waals surface area contributed by atoms with Crippen LogP contribution in [-0.2, 0) is 32.2 Å². The van der Waals surface area contributed by atoms with Crippen molar-refractivity contribution in [2.24, 2.45) is 0 Å². The van der Waals surface area contributed by atoms with E-state index in [1.165, 1.54) is 12.1 Å². The molecule has 4 aromatic carbocycles. The number of carboxylic acid groups (broad SMARTS) is 2. The van der Waals surface area contributed by atoms with Crippen molar-refractivity contribution in [3.63, 3.8) is 0 Å². The summed E-state index contributed by atoms with van der Waals surface area (Å²) in [6.45, 7) is 20.6. The molecule has 2 aliphatic heterocycles. The van der Waals surface area contributed by atoms with Crippen LogP contribution in [0, 0.1) is 0 Å². The minimum Gasteiger partial charge on any atom is -0.508 e. The van der Waals surface area contributed by atoms with E-state index >= 15 is 0 Å². The normalized spacial score (nSPS) is 13.9. The molecule has 20 heteroatoms. The zero-order chi connectivity index (χ0) is 55.1. The van der Waals surface area contributed by atoms with Gasteiger partial charge in [0.2, 0.25) is 0 Å². The predicted molar refractivity (Wildman–Crippen MR) is 282 cm³/mol. The van der Waals surface area contributed by atoms with Crippen LogP contribution in [0.5, 0.6) is 23.0 Å². The highest BCUT2D eigenvalue weighted by molar-refractivity contribution is 6.03. The summed E-state index contributed by atoms with van der Waals surface area (Å²) in [5.41, 5.74) is 7.17. The topological polar surface area (TPSA) is 291 Å². The quantitative estimate of drug-likeness (QED) is 0.0426. The summed E-state index contributed by atoms with van der Waals surface area (Å²) in [5.74, 6) is -2.90. The van der Waals surface area contributed by atoms with E-state index in [1.807, 2.05) is 90.1 Å². The molecule has 0 radical (unpaired) electrons. The zero-order valence-electron chi connectivity index (χ0n) is 43.5. The average Bonchev–Trinajstić information content (AvgIpc) is 4.04. The van der Waals surface area contributed by atoms with Crippen LogP contribution >= 0.6 is 0 Å². The lowest BCUT2D eigenvalue weighted by Crippen LogP contribution is -2.35. The van der Waals surface area contributed by atoms with Crippen molar-refractivity contribution in [3.8, 4) is 67.9 Å². The summed E-state index contributed by atoms with van der Waals surface area (Å²) >= 11 is 0. The Morgan fingerprint density at radius 3 is 1.20 bits per heavy atom. The van der Waals surface area contributed by atoms with Crippen molar-refractivity contribution in [1.29, 1.82) is 0 Å². The molecule has 6 aromatic rings. The number of nitrogens with zero attached hydrogens (tertiary/aromatic N) is 4. The van der Waals surface area contributed by atoms with Gasteiger partial charge >= 0.3 is 11.9 Å². The first kappa shape index (κ1) is 57.2. The van der Waals surface area contributed by atoms with E-state index < -0.39 is 11.9 Å². The van der Waals surface area contributed by atoms with Crippen molar-refractivity contribution in [3.05, 3.63) is 119 Å². The number of hydrogen-bond donors (Lipinski definition) is 8. The van der Waals surface area contributed by atoms with Crippen molar-refractivity contribution in [1.82, 2.24) is 30.7 Å². The van der Waals surface area contributed by atoms with Gasteiger partial charge in [-0.1, -0.05) is 86.5 Å². The smallest absolute Gasteiger partial charge is 0.328 e. The van der Waals surface area contributed by atoms with Crippen LogP contribution in [0.25, 0.3) is 44.9 Å². The number of ether oxygens (including phenoxy) is 2. The second-order valence-electron chi connectivity index (χ2n) is 18.5. The largest absolute Gasteiger partial charge is 0.508 e. The van der Waals surface area contributed by atoms with E-state index in [1.54, 1.807) is 12.1 Å². The van der Waals surface area contributed by atoms with Crippen LogP contribution in [0.3, 0.4) is 0 Å². The van der Waals surface area contributed by atoms with Gasteiger partial charge in [-0.25, -0.2) is 9.59 Å². The lowest BCUT2D eigenvalue weighted by molar-refractivity contribution is -0.134. The number of rotatable bonds is 16. The molecule has 2 amide bonds. The number of aromatic hydroxyl groups is 4. The fraction of sp³-hybridized carbons (Fsp3) is 0.357. The highest BCUT2D eigenvalue weighted by Crippen LogP contribution is 2.45. The molecule has 8 N–H and O–H groups in total. The summed E-state index contributed by atoms with van der Waals surface area (Å²) < 4.78 is 22.1. The van der Waals surface area contributed by atoms with E-state index in [9.17, 15) is 39.6 Å².